The molecule has 0 saturated heterocycles. The lowest BCUT2D eigenvalue weighted by Crippen LogP contribution is -1.98. The molecule has 22 heavy (non-hydrogen) atoms. The molecule has 1 radical (unpaired) electrons. The largest absolute Gasteiger partial charge is 0.236 e. The summed E-state index contributed by atoms with van der Waals surface area (Å²) in [5.41, 5.74) is 0. The molecule has 0 bridgehead atoms. The van der Waals surface area contributed by atoms with Crippen LogP contribution in [0.1, 0.15) is 123 Å². The highest BCUT2D eigenvalue weighted by Crippen LogP contribution is 2.15. The Kier molecular flexibility index (Phi) is 19.0. The van der Waals surface area contributed by atoms with Crippen molar-refractivity contribution >= 4 is 0 Å². The molecule has 0 aromatic rings. The van der Waals surface area contributed by atoms with E-state index in [1.54, 1.807) is 0 Å². The molecule has 0 aromatic carbocycles. The Hall–Kier alpha value is -0.0400. The van der Waals surface area contributed by atoms with Crippen LogP contribution in [0.25, 0.3) is 0 Å². The number of hydrogen-bond acceptors (Lipinski definition) is 0. The highest BCUT2D eigenvalue weighted by molar-refractivity contribution is 4.52. The molecule has 0 aliphatic carbocycles. The van der Waals surface area contributed by atoms with Crippen LogP contribution < -0.4 is 0 Å². The van der Waals surface area contributed by atoms with Crippen molar-refractivity contribution in [3.63, 3.8) is 0 Å². The van der Waals surface area contributed by atoms with Gasteiger partial charge < -0.3 is 0 Å². The van der Waals surface area contributed by atoms with Crippen LogP contribution in [0, 0.1) is 5.92 Å². The summed E-state index contributed by atoms with van der Waals surface area (Å²) in [5, 5.41) is 10.6. The van der Waals surface area contributed by atoms with E-state index in [9.17, 15) is 5.11 Å². The fourth-order valence-electron chi connectivity index (χ4n) is 3.12. The molecule has 1 heteroatoms. The van der Waals surface area contributed by atoms with Crippen LogP contribution in [0.5, 0.6) is 0 Å². The van der Waals surface area contributed by atoms with Crippen LogP contribution >= 0.6 is 0 Å². The van der Waals surface area contributed by atoms with Crippen molar-refractivity contribution in [2.45, 2.75) is 123 Å². The second-order valence-electron chi connectivity index (χ2n) is 7.36. The van der Waals surface area contributed by atoms with Gasteiger partial charge in [0.25, 0.3) is 0 Å². The molecule has 1 unspecified atom stereocenters. The number of unbranched alkanes of at least 4 members (excludes halogenated alkanes) is 15. The maximum absolute atomic E-state index is 10.6. The maximum atomic E-state index is 10.6. The highest BCUT2D eigenvalue weighted by Gasteiger charge is 2.00. The van der Waals surface area contributed by atoms with Crippen LogP contribution in [-0.2, 0) is 5.11 Å². The molecule has 0 rings (SSSR count). The summed E-state index contributed by atoms with van der Waals surface area (Å²) in [6.45, 7) is 4.48. The van der Waals surface area contributed by atoms with Gasteiger partial charge in [-0.2, -0.15) is 0 Å². The second-order valence-corrected chi connectivity index (χ2v) is 7.36. The molecule has 0 N–H and O–H groups in total. The molecule has 1 atom stereocenters. The molecule has 0 spiro atoms. The molecule has 0 heterocycles. The molecule has 0 fully saturated rings. The standard InChI is InChI=1S/C21H43O/c1-3-4-5-6-7-8-9-10-11-12-13-14-15-16-17-18-19-21(2)20-22/h21H,3-20H2,1-2H3. The van der Waals surface area contributed by atoms with Gasteiger partial charge in [-0.3, -0.25) is 0 Å². The third-order valence-corrected chi connectivity index (χ3v) is 4.83. The lowest BCUT2D eigenvalue weighted by Gasteiger charge is -2.06. The van der Waals surface area contributed by atoms with Crippen LogP contribution in [-0.4, -0.2) is 6.61 Å². The zero-order valence-corrected chi connectivity index (χ0v) is 15.7. The Balaban J connectivity index is 2.97. The maximum Gasteiger partial charge on any atom is 0.0847 e. The normalized spacial score (nSPS) is 12.7. The molecule has 0 saturated carbocycles. The smallest absolute Gasteiger partial charge is 0.0847 e. The number of hydrogen-bond donors (Lipinski definition) is 0. The van der Waals surface area contributed by atoms with Crippen molar-refractivity contribution in [2.24, 2.45) is 5.92 Å². The van der Waals surface area contributed by atoms with Gasteiger partial charge in [0.15, 0.2) is 0 Å². The molecule has 0 aliphatic heterocycles. The SMILES string of the molecule is CCCCCCCCCCCCCCCCCCC(C)C[O]. The van der Waals surface area contributed by atoms with E-state index in [1.165, 1.54) is 103 Å². The van der Waals surface area contributed by atoms with Crippen molar-refractivity contribution in [3.8, 4) is 0 Å². The van der Waals surface area contributed by atoms with E-state index in [0.29, 0.717) is 5.92 Å². The molecule has 0 aliphatic rings. The Morgan fingerprint density at radius 3 is 1.18 bits per heavy atom. The van der Waals surface area contributed by atoms with E-state index < -0.39 is 0 Å². The quantitative estimate of drug-likeness (QED) is 0.231. The van der Waals surface area contributed by atoms with E-state index in [4.69, 9.17) is 0 Å². The fourth-order valence-corrected chi connectivity index (χ4v) is 3.12. The van der Waals surface area contributed by atoms with Crippen LogP contribution in [0.15, 0.2) is 0 Å². The van der Waals surface area contributed by atoms with E-state index >= 15 is 0 Å². The Morgan fingerprint density at radius 2 is 0.864 bits per heavy atom. The van der Waals surface area contributed by atoms with Gasteiger partial charge in [-0.05, 0) is 12.3 Å². The summed E-state index contributed by atoms with van der Waals surface area (Å²) in [5.74, 6) is 0.395. The van der Waals surface area contributed by atoms with Crippen LogP contribution in [0.2, 0.25) is 0 Å². The summed E-state index contributed by atoms with van der Waals surface area (Å²) >= 11 is 0. The summed E-state index contributed by atoms with van der Waals surface area (Å²) in [4.78, 5) is 0. The van der Waals surface area contributed by atoms with Gasteiger partial charge in [-0.1, -0.05) is 117 Å². The third kappa shape index (κ3) is 18.0. The van der Waals surface area contributed by atoms with E-state index in [0.717, 1.165) is 6.42 Å². The summed E-state index contributed by atoms with van der Waals surface area (Å²) in [7, 11) is 0. The zero-order valence-electron chi connectivity index (χ0n) is 15.7. The number of rotatable bonds is 18. The first-order valence-corrected chi connectivity index (χ1v) is 10.4. The summed E-state index contributed by atoms with van der Waals surface area (Å²) in [6.07, 6.45) is 23.8. The van der Waals surface area contributed by atoms with Crippen molar-refractivity contribution in [1.82, 2.24) is 0 Å². The first-order valence-electron chi connectivity index (χ1n) is 10.4. The third-order valence-electron chi connectivity index (χ3n) is 4.83. The van der Waals surface area contributed by atoms with Crippen molar-refractivity contribution in [2.75, 3.05) is 6.61 Å². The molecular weight excluding hydrogens is 268 g/mol. The first-order chi connectivity index (χ1) is 10.8. The summed E-state index contributed by atoms with van der Waals surface area (Å²) < 4.78 is 0. The van der Waals surface area contributed by atoms with Gasteiger partial charge in [0, 0.05) is 0 Å². The molecule has 1 nitrogen and oxygen atoms in total. The van der Waals surface area contributed by atoms with E-state index in [-0.39, 0.29) is 6.61 Å². The first kappa shape index (κ1) is 22.0. The van der Waals surface area contributed by atoms with Gasteiger partial charge in [-0.15, -0.1) is 0 Å². The van der Waals surface area contributed by atoms with Crippen LogP contribution in [0.4, 0.5) is 0 Å². The van der Waals surface area contributed by atoms with Crippen molar-refractivity contribution in [3.05, 3.63) is 0 Å². The van der Waals surface area contributed by atoms with Crippen molar-refractivity contribution < 1.29 is 5.11 Å². The van der Waals surface area contributed by atoms with Gasteiger partial charge in [0.05, 0.1) is 6.61 Å². The molecule has 0 aromatic heterocycles. The minimum Gasteiger partial charge on any atom is -0.236 e. The topological polar surface area (TPSA) is 19.9 Å². The van der Waals surface area contributed by atoms with Gasteiger partial charge >= 0.3 is 0 Å². The predicted molar refractivity (Wildman–Crippen MR) is 98.9 cm³/mol. The average Bonchev–Trinajstić information content (AvgIpc) is 2.54. The highest BCUT2D eigenvalue weighted by atomic mass is 16.3. The second kappa shape index (κ2) is 19.0. The lowest BCUT2D eigenvalue weighted by molar-refractivity contribution is 0.145. The fraction of sp³-hybridized carbons (Fsp3) is 1.00. The summed E-state index contributed by atoms with van der Waals surface area (Å²) in [6, 6.07) is 0. The predicted octanol–water partition coefficient (Wildman–Crippen LogP) is 7.70. The average molecular weight is 312 g/mol. The lowest BCUT2D eigenvalue weighted by atomic mass is 10.0. The Bertz CT molecular complexity index is 190. The van der Waals surface area contributed by atoms with Crippen LogP contribution in [0.3, 0.4) is 0 Å². The Morgan fingerprint density at radius 1 is 0.545 bits per heavy atom. The van der Waals surface area contributed by atoms with Gasteiger partial charge in [-0.25, -0.2) is 5.11 Å². The molecule has 133 valence electrons. The molecule has 0 amide bonds. The van der Waals surface area contributed by atoms with Gasteiger partial charge in [0.1, 0.15) is 0 Å². The Labute approximate surface area is 141 Å². The minimum absolute atomic E-state index is 0.110. The van der Waals surface area contributed by atoms with E-state index in [2.05, 4.69) is 13.8 Å². The van der Waals surface area contributed by atoms with E-state index in [1.807, 2.05) is 0 Å². The van der Waals surface area contributed by atoms with Gasteiger partial charge in [0.2, 0.25) is 0 Å². The molecular formula is C21H43O. The monoisotopic (exact) mass is 311 g/mol. The van der Waals surface area contributed by atoms with Crippen molar-refractivity contribution in [1.29, 1.82) is 0 Å². The minimum atomic E-state index is 0.110. The zero-order chi connectivity index (χ0) is 16.3.